The minimum Gasteiger partial charge on any atom is -0.342 e. The highest BCUT2D eigenvalue weighted by Crippen LogP contribution is 2.76. The molecule has 26 heavy (non-hydrogen) atoms. The van der Waals surface area contributed by atoms with E-state index in [1.807, 2.05) is 6.92 Å². The second-order valence-electron chi connectivity index (χ2n) is 7.08. The van der Waals surface area contributed by atoms with Crippen LogP contribution < -0.4 is 0 Å². The third-order valence-corrected chi connectivity index (χ3v) is 6.15. The van der Waals surface area contributed by atoms with E-state index in [2.05, 4.69) is 0 Å². The van der Waals surface area contributed by atoms with E-state index >= 15 is 0 Å². The van der Waals surface area contributed by atoms with Gasteiger partial charge >= 0.3 is 0 Å². The Kier molecular flexibility index (Phi) is 3.55. The number of carbonyl (C=O) groups excluding carboxylic acids is 2. The molecule has 3 nitrogen and oxygen atoms in total. The van der Waals surface area contributed by atoms with Crippen molar-refractivity contribution >= 4 is 11.7 Å². The largest absolute Gasteiger partial charge is 0.342 e. The van der Waals surface area contributed by atoms with Gasteiger partial charge in [-0.05, 0) is 49.2 Å². The van der Waals surface area contributed by atoms with Crippen molar-refractivity contribution in [2.45, 2.75) is 19.3 Å². The normalized spacial score (nSPS) is 25.9. The third-order valence-electron chi connectivity index (χ3n) is 6.15. The van der Waals surface area contributed by atoms with Crippen LogP contribution in [0, 0.1) is 23.0 Å². The first-order valence-electron chi connectivity index (χ1n) is 8.73. The van der Waals surface area contributed by atoms with Crippen LogP contribution in [-0.4, -0.2) is 29.7 Å². The average Bonchev–Trinajstić information content (AvgIpc) is 3.12. The molecular weight excluding hydrogens is 336 g/mol. The van der Waals surface area contributed by atoms with Gasteiger partial charge in [0.2, 0.25) is 5.91 Å². The van der Waals surface area contributed by atoms with Gasteiger partial charge in [-0.1, -0.05) is 24.3 Å². The van der Waals surface area contributed by atoms with Gasteiger partial charge in [-0.15, -0.1) is 0 Å². The smallest absolute Gasteiger partial charge is 0.237 e. The van der Waals surface area contributed by atoms with Gasteiger partial charge in [0, 0.05) is 24.4 Å². The zero-order valence-corrected chi connectivity index (χ0v) is 14.6. The maximum Gasteiger partial charge on any atom is 0.237 e. The molecular formula is C21H19F2NO2. The quantitative estimate of drug-likeness (QED) is 0.789. The van der Waals surface area contributed by atoms with Crippen molar-refractivity contribution in [2.24, 2.45) is 11.3 Å². The van der Waals surface area contributed by atoms with Gasteiger partial charge in [0.15, 0.2) is 0 Å². The molecule has 2 unspecified atom stereocenters. The SMILES string of the molecule is CCN1CC2C(C(C)=O)(C1=O)C2(c1ccc(F)cc1)c1ccc(F)cc1. The first-order valence-corrected chi connectivity index (χ1v) is 8.73. The van der Waals surface area contributed by atoms with E-state index in [1.165, 1.54) is 31.2 Å². The second-order valence-corrected chi connectivity index (χ2v) is 7.08. The maximum atomic E-state index is 13.5. The van der Waals surface area contributed by atoms with Crippen LogP contribution in [0.3, 0.4) is 0 Å². The maximum absolute atomic E-state index is 13.5. The molecule has 134 valence electrons. The highest BCUT2D eigenvalue weighted by molar-refractivity contribution is 6.14. The molecule has 1 amide bonds. The molecule has 0 spiro atoms. The number of fused-ring (bicyclic) bond motifs is 1. The standard InChI is InChI=1S/C21H19F2NO2/c1-3-24-12-18-20(13(2)25,19(24)26)21(18,14-4-8-16(22)9-5-14)15-6-10-17(23)11-7-15/h4-11,18H,3,12H2,1-2H3. The van der Waals surface area contributed by atoms with Crippen molar-refractivity contribution in [1.82, 2.24) is 4.90 Å². The number of nitrogens with zero attached hydrogens (tertiary/aromatic N) is 1. The number of carbonyl (C=O) groups is 2. The summed E-state index contributed by atoms with van der Waals surface area (Å²) in [5.41, 5.74) is -0.633. The van der Waals surface area contributed by atoms with Crippen LogP contribution in [0.2, 0.25) is 0 Å². The Labute approximate surface area is 150 Å². The lowest BCUT2D eigenvalue weighted by Gasteiger charge is -2.30. The van der Waals surface area contributed by atoms with E-state index in [1.54, 1.807) is 29.2 Å². The lowest BCUT2D eigenvalue weighted by molar-refractivity contribution is -0.140. The lowest BCUT2D eigenvalue weighted by Crippen LogP contribution is -2.42. The number of hydrogen-bond acceptors (Lipinski definition) is 2. The Hall–Kier alpha value is -2.56. The van der Waals surface area contributed by atoms with Crippen molar-refractivity contribution in [1.29, 1.82) is 0 Å². The number of piperidine rings is 1. The van der Waals surface area contributed by atoms with E-state index < -0.39 is 10.8 Å². The van der Waals surface area contributed by atoms with Crippen LogP contribution in [-0.2, 0) is 15.0 Å². The average molecular weight is 355 g/mol. The molecule has 5 heteroatoms. The van der Waals surface area contributed by atoms with Crippen molar-refractivity contribution in [3.05, 3.63) is 71.3 Å². The monoisotopic (exact) mass is 355 g/mol. The number of Topliss-reactive ketones (excluding diaryl/α,β-unsaturated/α-hetero) is 1. The summed E-state index contributed by atoms with van der Waals surface area (Å²) in [5, 5.41) is 0. The van der Waals surface area contributed by atoms with Crippen LogP contribution in [0.4, 0.5) is 8.78 Å². The number of halogens is 2. The fraction of sp³-hybridized carbons (Fsp3) is 0.333. The summed E-state index contributed by atoms with van der Waals surface area (Å²) in [6.45, 7) is 4.32. The molecule has 1 saturated heterocycles. The topological polar surface area (TPSA) is 37.4 Å². The molecule has 2 fully saturated rings. The molecule has 2 aliphatic rings. The van der Waals surface area contributed by atoms with Crippen LogP contribution in [0.25, 0.3) is 0 Å². The summed E-state index contributed by atoms with van der Waals surface area (Å²) in [6.07, 6.45) is 0. The van der Waals surface area contributed by atoms with Crippen molar-refractivity contribution in [3.8, 4) is 0 Å². The van der Waals surface area contributed by atoms with Crippen molar-refractivity contribution < 1.29 is 18.4 Å². The molecule has 1 heterocycles. The molecule has 2 atom stereocenters. The van der Waals surface area contributed by atoms with Crippen LogP contribution in [0.15, 0.2) is 48.5 Å². The minimum atomic E-state index is -1.20. The van der Waals surface area contributed by atoms with Gasteiger partial charge in [0.05, 0.1) is 0 Å². The summed E-state index contributed by atoms with van der Waals surface area (Å²) < 4.78 is 27.0. The molecule has 2 aromatic carbocycles. The first-order chi connectivity index (χ1) is 12.4. The number of benzene rings is 2. The van der Waals surface area contributed by atoms with Gasteiger partial charge < -0.3 is 4.90 Å². The van der Waals surface area contributed by atoms with Gasteiger partial charge in [-0.3, -0.25) is 9.59 Å². The van der Waals surface area contributed by atoms with Gasteiger partial charge in [-0.25, -0.2) is 8.78 Å². The predicted octanol–water partition coefficient (Wildman–Crippen LogP) is 3.32. The minimum absolute atomic E-state index is 0.189. The second kappa shape index (κ2) is 5.47. The fourth-order valence-corrected chi connectivity index (χ4v) is 5.09. The van der Waals surface area contributed by atoms with Crippen LogP contribution in [0.1, 0.15) is 25.0 Å². The number of hydrogen-bond donors (Lipinski definition) is 0. The third kappa shape index (κ3) is 1.81. The van der Waals surface area contributed by atoms with Crippen molar-refractivity contribution in [2.75, 3.05) is 13.1 Å². The van der Waals surface area contributed by atoms with E-state index in [0.29, 0.717) is 13.1 Å². The highest BCUT2D eigenvalue weighted by atomic mass is 19.1. The van der Waals surface area contributed by atoms with E-state index in [9.17, 15) is 18.4 Å². The summed E-state index contributed by atoms with van der Waals surface area (Å²) in [5.74, 6) is -1.39. The van der Waals surface area contributed by atoms with E-state index in [-0.39, 0.29) is 29.2 Å². The van der Waals surface area contributed by atoms with Crippen LogP contribution in [0.5, 0.6) is 0 Å². The summed E-state index contributed by atoms with van der Waals surface area (Å²) in [4.78, 5) is 27.7. The Morgan fingerprint density at radius 1 is 1.04 bits per heavy atom. The molecule has 0 aromatic heterocycles. The zero-order chi connectivity index (χ0) is 18.7. The molecule has 1 aliphatic carbocycles. The molecule has 0 N–H and O–H groups in total. The van der Waals surface area contributed by atoms with Crippen LogP contribution >= 0.6 is 0 Å². The number of ketones is 1. The Morgan fingerprint density at radius 2 is 1.50 bits per heavy atom. The predicted molar refractivity (Wildman–Crippen MR) is 92.4 cm³/mol. The molecule has 0 bridgehead atoms. The zero-order valence-electron chi connectivity index (χ0n) is 14.6. The van der Waals surface area contributed by atoms with E-state index in [0.717, 1.165) is 11.1 Å². The molecule has 2 aromatic rings. The Balaban J connectivity index is 1.97. The number of likely N-dealkylation sites (tertiary alicyclic amines) is 1. The van der Waals surface area contributed by atoms with E-state index in [4.69, 9.17) is 0 Å². The molecule has 0 radical (unpaired) electrons. The summed E-state index contributed by atoms with van der Waals surface area (Å²) in [7, 11) is 0. The number of rotatable bonds is 4. The molecule has 1 aliphatic heterocycles. The Morgan fingerprint density at radius 3 is 1.85 bits per heavy atom. The van der Waals surface area contributed by atoms with Gasteiger partial charge in [-0.2, -0.15) is 0 Å². The van der Waals surface area contributed by atoms with Gasteiger partial charge in [0.25, 0.3) is 0 Å². The first kappa shape index (κ1) is 16.9. The highest BCUT2D eigenvalue weighted by Gasteiger charge is 2.87. The fourth-order valence-electron chi connectivity index (χ4n) is 5.09. The molecule has 4 rings (SSSR count). The lowest BCUT2D eigenvalue weighted by atomic mass is 9.77. The van der Waals surface area contributed by atoms with Gasteiger partial charge in [0.1, 0.15) is 22.8 Å². The number of amides is 1. The Bertz CT molecular complexity index is 846. The molecule has 1 saturated carbocycles. The summed E-state index contributed by atoms with van der Waals surface area (Å²) in [6, 6.07) is 11.9. The van der Waals surface area contributed by atoms with Crippen molar-refractivity contribution in [3.63, 3.8) is 0 Å². The summed E-state index contributed by atoms with van der Waals surface area (Å²) >= 11 is 0.